The second-order valence-electron chi connectivity index (χ2n) is 5.50. The summed E-state index contributed by atoms with van der Waals surface area (Å²) in [4.78, 5) is 0. The maximum absolute atomic E-state index is 9.63. The van der Waals surface area contributed by atoms with E-state index in [0.717, 1.165) is 22.4 Å². The topological polar surface area (TPSA) is 86.3 Å². The molecule has 3 rings (SSSR count). The highest BCUT2D eigenvalue weighted by Gasteiger charge is 2.37. The number of nitrogens with zero attached hydrogens (tertiary/aromatic N) is 1. The van der Waals surface area contributed by atoms with Crippen molar-refractivity contribution in [2.75, 3.05) is 7.11 Å². The van der Waals surface area contributed by atoms with Gasteiger partial charge in [-0.1, -0.05) is 18.2 Å². The monoisotopic (exact) mass is 308 g/mol. The lowest BCUT2D eigenvalue weighted by atomic mass is 9.78. The molecule has 2 aromatic carbocycles. The van der Waals surface area contributed by atoms with Crippen molar-refractivity contribution in [1.29, 1.82) is 10.7 Å². The predicted octanol–water partition coefficient (Wildman–Crippen LogP) is 3.35. The van der Waals surface area contributed by atoms with E-state index in [2.05, 4.69) is 6.07 Å². The molecule has 0 saturated carbocycles. The number of phenols is 1. The van der Waals surface area contributed by atoms with Gasteiger partial charge in [-0.05, 0) is 30.2 Å². The molecule has 0 spiro atoms. The number of hydrogen-bond donors (Lipinski definition) is 2. The maximum atomic E-state index is 9.63. The van der Waals surface area contributed by atoms with Crippen LogP contribution < -0.4 is 9.47 Å². The molecule has 2 aromatic rings. The molecule has 0 amide bonds. The quantitative estimate of drug-likeness (QED) is 0.890. The van der Waals surface area contributed by atoms with Crippen LogP contribution in [0.5, 0.6) is 17.2 Å². The molecule has 0 aromatic heterocycles. The number of hydrogen-bond acceptors (Lipinski definition) is 5. The van der Waals surface area contributed by atoms with Crippen molar-refractivity contribution in [2.45, 2.75) is 12.8 Å². The molecule has 23 heavy (non-hydrogen) atoms. The molecule has 0 fully saturated rings. The highest BCUT2D eigenvalue weighted by Crippen LogP contribution is 2.43. The van der Waals surface area contributed by atoms with Gasteiger partial charge in [0.15, 0.2) is 0 Å². The Morgan fingerprint density at radius 2 is 2.04 bits per heavy atom. The van der Waals surface area contributed by atoms with E-state index >= 15 is 0 Å². The summed E-state index contributed by atoms with van der Waals surface area (Å²) < 4.78 is 10.7. The van der Waals surface area contributed by atoms with E-state index in [1.807, 2.05) is 25.1 Å². The Morgan fingerprint density at radius 1 is 1.26 bits per heavy atom. The number of benzene rings is 2. The fourth-order valence-corrected chi connectivity index (χ4v) is 2.98. The van der Waals surface area contributed by atoms with E-state index < -0.39 is 5.92 Å². The van der Waals surface area contributed by atoms with E-state index in [0.29, 0.717) is 5.75 Å². The third-order valence-corrected chi connectivity index (χ3v) is 4.09. The average Bonchev–Trinajstić information content (AvgIpc) is 2.53. The van der Waals surface area contributed by atoms with Crippen molar-refractivity contribution >= 4 is 5.90 Å². The molecule has 0 bridgehead atoms. The standard InChI is InChI=1S/C18H16N2O3/c1-10-7-11(3-6-15(10)22-2)17-13-5-4-12(21)8-16(13)23-18(20)14(17)9-19/h3-8,14,17,20-21H,1-2H3. The normalized spacial score (nSPS) is 19.4. The first-order chi connectivity index (χ1) is 11.0. The van der Waals surface area contributed by atoms with Gasteiger partial charge in [0.25, 0.3) is 0 Å². The fraction of sp³-hybridized carbons (Fsp3) is 0.222. The molecule has 116 valence electrons. The number of aromatic hydroxyl groups is 1. The first-order valence-electron chi connectivity index (χ1n) is 7.18. The lowest BCUT2D eigenvalue weighted by molar-refractivity contribution is 0.411. The minimum atomic E-state index is -0.708. The summed E-state index contributed by atoms with van der Waals surface area (Å²) in [5, 5.41) is 27.1. The number of nitrogens with one attached hydrogen (secondary N) is 1. The van der Waals surface area contributed by atoms with E-state index in [1.165, 1.54) is 6.07 Å². The number of nitriles is 1. The molecule has 0 saturated heterocycles. The van der Waals surface area contributed by atoms with Crippen LogP contribution >= 0.6 is 0 Å². The highest BCUT2D eigenvalue weighted by molar-refractivity contribution is 5.85. The summed E-state index contributed by atoms with van der Waals surface area (Å²) in [6.45, 7) is 1.94. The summed E-state index contributed by atoms with van der Waals surface area (Å²) in [6, 6.07) is 12.7. The van der Waals surface area contributed by atoms with E-state index in [1.54, 1.807) is 19.2 Å². The Morgan fingerprint density at radius 3 is 2.70 bits per heavy atom. The lowest BCUT2D eigenvalue weighted by Crippen LogP contribution is -2.30. The average molecular weight is 308 g/mol. The zero-order valence-electron chi connectivity index (χ0n) is 12.8. The Hall–Kier alpha value is -3.00. The predicted molar refractivity (Wildman–Crippen MR) is 85.1 cm³/mol. The molecular formula is C18H16N2O3. The molecule has 2 atom stereocenters. The first-order valence-corrected chi connectivity index (χ1v) is 7.18. The van der Waals surface area contributed by atoms with Crippen LogP contribution in [0.25, 0.3) is 0 Å². The smallest absolute Gasteiger partial charge is 0.205 e. The van der Waals surface area contributed by atoms with Crippen molar-refractivity contribution in [3.05, 3.63) is 53.1 Å². The molecule has 1 aliphatic rings. The summed E-state index contributed by atoms with van der Waals surface area (Å²) in [5.74, 6) is 0.122. The van der Waals surface area contributed by atoms with Crippen LogP contribution in [0.15, 0.2) is 36.4 Å². The number of ether oxygens (including phenoxy) is 2. The van der Waals surface area contributed by atoms with Crippen molar-refractivity contribution in [2.24, 2.45) is 5.92 Å². The van der Waals surface area contributed by atoms with Crippen molar-refractivity contribution in [3.63, 3.8) is 0 Å². The second-order valence-corrected chi connectivity index (χ2v) is 5.50. The maximum Gasteiger partial charge on any atom is 0.205 e. The number of fused-ring (bicyclic) bond motifs is 1. The molecule has 5 heteroatoms. The third kappa shape index (κ3) is 2.49. The molecule has 2 unspecified atom stereocenters. The molecule has 1 aliphatic heterocycles. The van der Waals surface area contributed by atoms with Crippen LogP contribution in [0.1, 0.15) is 22.6 Å². The summed E-state index contributed by atoms with van der Waals surface area (Å²) >= 11 is 0. The fourth-order valence-electron chi connectivity index (χ4n) is 2.98. The Balaban J connectivity index is 2.17. The van der Waals surface area contributed by atoms with Crippen molar-refractivity contribution in [3.8, 4) is 23.3 Å². The van der Waals surface area contributed by atoms with Crippen LogP contribution in [0.3, 0.4) is 0 Å². The van der Waals surface area contributed by atoms with Crippen LogP contribution in [-0.2, 0) is 0 Å². The Labute approximate surface area is 134 Å². The van der Waals surface area contributed by atoms with Crippen molar-refractivity contribution in [1.82, 2.24) is 0 Å². The Bertz CT molecular complexity index is 824. The number of phenolic OH excluding ortho intramolecular Hbond substituents is 1. The second kappa shape index (κ2) is 5.65. The van der Waals surface area contributed by atoms with Crippen LogP contribution in [-0.4, -0.2) is 18.1 Å². The largest absolute Gasteiger partial charge is 0.508 e. The third-order valence-electron chi connectivity index (χ3n) is 4.09. The van der Waals surface area contributed by atoms with E-state index in [4.69, 9.17) is 14.9 Å². The van der Waals surface area contributed by atoms with Gasteiger partial charge in [0.2, 0.25) is 5.90 Å². The minimum Gasteiger partial charge on any atom is -0.508 e. The first kappa shape index (κ1) is 14.9. The molecular weight excluding hydrogens is 292 g/mol. The van der Waals surface area contributed by atoms with E-state index in [9.17, 15) is 10.4 Å². The van der Waals surface area contributed by atoms with Crippen molar-refractivity contribution < 1.29 is 14.6 Å². The van der Waals surface area contributed by atoms with Gasteiger partial charge >= 0.3 is 0 Å². The van der Waals surface area contributed by atoms with Gasteiger partial charge in [0.1, 0.15) is 23.2 Å². The summed E-state index contributed by atoms with van der Waals surface area (Å²) in [6.07, 6.45) is 0. The van der Waals surface area contributed by atoms with Gasteiger partial charge in [-0.25, -0.2) is 0 Å². The number of aryl methyl sites for hydroxylation is 1. The lowest BCUT2D eigenvalue weighted by Gasteiger charge is -2.30. The van der Waals surface area contributed by atoms with Gasteiger partial charge in [0.05, 0.1) is 13.2 Å². The molecule has 0 aliphatic carbocycles. The van der Waals surface area contributed by atoms with Crippen LogP contribution in [0.4, 0.5) is 0 Å². The molecule has 2 N–H and O–H groups in total. The molecule has 5 nitrogen and oxygen atoms in total. The van der Waals surface area contributed by atoms with Gasteiger partial charge in [-0.2, -0.15) is 5.26 Å². The van der Waals surface area contributed by atoms with Gasteiger partial charge in [-0.15, -0.1) is 0 Å². The molecule has 1 heterocycles. The summed E-state index contributed by atoms with van der Waals surface area (Å²) in [5.41, 5.74) is 2.66. The zero-order valence-corrected chi connectivity index (χ0v) is 12.8. The number of rotatable bonds is 2. The number of methoxy groups -OCH3 is 1. The van der Waals surface area contributed by atoms with Gasteiger partial charge in [0, 0.05) is 17.5 Å². The van der Waals surface area contributed by atoms with E-state index in [-0.39, 0.29) is 17.6 Å². The SMILES string of the molecule is COc1ccc(C2c3ccc(O)cc3OC(=N)C2C#N)cc1C. The zero-order chi connectivity index (χ0) is 16.6. The van der Waals surface area contributed by atoms with Crippen LogP contribution in [0.2, 0.25) is 0 Å². The Kier molecular flexibility index (Phi) is 3.67. The highest BCUT2D eigenvalue weighted by atomic mass is 16.5. The van der Waals surface area contributed by atoms with Gasteiger partial charge in [-0.3, -0.25) is 5.41 Å². The molecule has 0 radical (unpaired) electrons. The van der Waals surface area contributed by atoms with Crippen LogP contribution in [0, 0.1) is 29.6 Å². The summed E-state index contributed by atoms with van der Waals surface area (Å²) in [7, 11) is 1.61. The minimum absolute atomic E-state index is 0.0663. The van der Waals surface area contributed by atoms with Gasteiger partial charge < -0.3 is 14.6 Å².